The number of pyridine rings is 1. The molecule has 3 rings (SSSR count). The van der Waals surface area contributed by atoms with E-state index < -0.39 is 0 Å². The molecule has 1 aromatic heterocycles. The number of hydrogen-bond acceptors (Lipinski definition) is 2. The lowest BCUT2D eigenvalue weighted by atomic mass is 9.96. The maximum atomic E-state index is 4.19. The standard InChI is InChI=1S/C27H32N2/c1-29(21-10-8-13-24-14-12-20-28-23-24)22-11-9-19-27(25-15-4-2-5-16-25)26-17-6-3-7-18-26/h2-7,12,14-20,23H,8-11,13,21-22H2,1H3. The Balaban J connectivity index is 1.43. The van der Waals surface area contributed by atoms with Crippen LogP contribution < -0.4 is 0 Å². The van der Waals surface area contributed by atoms with Crippen molar-refractivity contribution in [2.45, 2.75) is 32.1 Å². The van der Waals surface area contributed by atoms with Crippen LogP contribution in [0.25, 0.3) is 5.57 Å². The number of hydrogen-bond donors (Lipinski definition) is 0. The minimum absolute atomic E-state index is 1.10. The fourth-order valence-electron chi connectivity index (χ4n) is 3.61. The Hall–Kier alpha value is -2.71. The van der Waals surface area contributed by atoms with Gasteiger partial charge in [0.15, 0.2) is 0 Å². The lowest BCUT2D eigenvalue weighted by Crippen LogP contribution is -2.20. The molecular formula is C27H32N2. The number of aryl methyl sites for hydroxylation is 1. The van der Waals surface area contributed by atoms with E-state index in [4.69, 9.17) is 0 Å². The SMILES string of the molecule is CN(CCCC=C(c1ccccc1)c1ccccc1)CCCCc1cccnc1. The van der Waals surface area contributed by atoms with Gasteiger partial charge in [-0.3, -0.25) is 4.98 Å². The zero-order valence-electron chi connectivity index (χ0n) is 17.5. The molecule has 1 heterocycles. The molecule has 0 radical (unpaired) electrons. The third-order valence-electron chi connectivity index (χ3n) is 5.24. The molecule has 0 saturated heterocycles. The van der Waals surface area contributed by atoms with E-state index >= 15 is 0 Å². The normalized spacial score (nSPS) is 10.8. The quantitative estimate of drug-likeness (QED) is 0.363. The van der Waals surface area contributed by atoms with Crippen molar-refractivity contribution in [3.63, 3.8) is 0 Å². The maximum absolute atomic E-state index is 4.19. The lowest BCUT2D eigenvalue weighted by molar-refractivity contribution is 0.322. The minimum Gasteiger partial charge on any atom is -0.306 e. The molecule has 0 aliphatic heterocycles. The molecule has 0 fully saturated rings. The van der Waals surface area contributed by atoms with Crippen molar-refractivity contribution < 1.29 is 0 Å². The van der Waals surface area contributed by atoms with Gasteiger partial charge in [0, 0.05) is 12.4 Å². The van der Waals surface area contributed by atoms with E-state index in [1.807, 2.05) is 18.5 Å². The second-order valence-electron chi connectivity index (χ2n) is 7.61. The third-order valence-corrected chi connectivity index (χ3v) is 5.24. The van der Waals surface area contributed by atoms with Crippen LogP contribution in [0, 0.1) is 0 Å². The molecule has 150 valence electrons. The zero-order chi connectivity index (χ0) is 20.2. The molecular weight excluding hydrogens is 352 g/mol. The van der Waals surface area contributed by atoms with Crippen LogP contribution in [-0.4, -0.2) is 30.0 Å². The molecule has 0 bridgehead atoms. The molecule has 0 aliphatic rings. The predicted octanol–water partition coefficient (Wildman–Crippen LogP) is 6.25. The van der Waals surface area contributed by atoms with Crippen molar-refractivity contribution in [1.82, 2.24) is 9.88 Å². The van der Waals surface area contributed by atoms with Crippen molar-refractivity contribution in [1.29, 1.82) is 0 Å². The minimum atomic E-state index is 1.10. The first-order chi connectivity index (χ1) is 14.3. The van der Waals surface area contributed by atoms with E-state index in [1.54, 1.807) is 0 Å². The van der Waals surface area contributed by atoms with Gasteiger partial charge in [-0.15, -0.1) is 0 Å². The van der Waals surface area contributed by atoms with Gasteiger partial charge in [-0.2, -0.15) is 0 Å². The monoisotopic (exact) mass is 384 g/mol. The first kappa shape index (κ1) is 21.0. The van der Waals surface area contributed by atoms with E-state index in [-0.39, 0.29) is 0 Å². The molecule has 2 aromatic carbocycles. The second kappa shape index (κ2) is 12.0. The van der Waals surface area contributed by atoms with Crippen molar-refractivity contribution in [3.8, 4) is 0 Å². The van der Waals surface area contributed by atoms with Gasteiger partial charge in [0.05, 0.1) is 0 Å². The Kier molecular flexibility index (Phi) is 8.68. The highest BCUT2D eigenvalue weighted by Crippen LogP contribution is 2.24. The van der Waals surface area contributed by atoms with Crippen molar-refractivity contribution in [2.24, 2.45) is 0 Å². The Bertz CT molecular complexity index is 800. The van der Waals surface area contributed by atoms with Gasteiger partial charge in [0.25, 0.3) is 0 Å². The summed E-state index contributed by atoms with van der Waals surface area (Å²) < 4.78 is 0. The number of unbranched alkanes of at least 4 members (excludes halogenated alkanes) is 2. The van der Waals surface area contributed by atoms with Gasteiger partial charge in [0.1, 0.15) is 0 Å². The predicted molar refractivity (Wildman–Crippen MR) is 124 cm³/mol. The highest BCUT2D eigenvalue weighted by atomic mass is 15.1. The molecule has 3 aromatic rings. The molecule has 0 N–H and O–H groups in total. The topological polar surface area (TPSA) is 16.1 Å². The van der Waals surface area contributed by atoms with Gasteiger partial charge in [-0.1, -0.05) is 72.8 Å². The molecule has 0 spiro atoms. The van der Waals surface area contributed by atoms with Crippen LogP contribution in [0.1, 0.15) is 42.4 Å². The summed E-state index contributed by atoms with van der Waals surface area (Å²) in [6, 6.07) is 25.6. The van der Waals surface area contributed by atoms with Crippen LogP contribution in [0.3, 0.4) is 0 Å². The highest BCUT2D eigenvalue weighted by Gasteiger charge is 2.04. The Morgan fingerprint density at radius 2 is 1.45 bits per heavy atom. The fraction of sp³-hybridized carbons (Fsp3) is 0.296. The molecule has 29 heavy (non-hydrogen) atoms. The third kappa shape index (κ3) is 7.32. The van der Waals surface area contributed by atoms with Crippen LogP contribution in [0.15, 0.2) is 91.3 Å². The molecule has 0 aliphatic carbocycles. The number of nitrogens with zero attached hydrogens (tertiary/aromatic N) is 2. The molecule has 2 nitrogen and oxygen atoms in total. The number of aromatic nitrogens is 1. The Labute approximate surface area is 175 Å². The average Bonchev–Trinajstić information content (AvgIpc) is 2.79. The first-order valence-electron chi connectivity index (χ1n) is 10.7. The van der Waals surface area contributed by atoms with Crippen LogP contribution >= 0.6 is 0 Å². The van der Waals surface area contributed by atoms with E-state index in [0.29, 0.717) is 0 Å². The fourth-order valence-corrected chi connectivity index (χ4v) is 3.61. The summed E-state index contributed by atoms with van der Waals surface area (Å²) in [5.74, 6) is 0. The maximum Gasteiger partial charge on any atom is 0.0299 e. The van der Waals surface area contributed by atoms with E-state index in [1.165, 1.54) is 41.5 Å². The largest absolute Gasteiger partial charge is 0.306 e. The van der Waals surface area contributed by atoms with Gasteiger partial charge >= 0.3 is 0 Å². The van der Waals surface area contributed by atoms with Crippen molar-refractivity contribution >= 4 is 5.57 Å². The number of allylic oxidation sites excluding steroid dienone is 1. The summed E-state index contributed by atoms with van der Waals surface area (Å²) in [5, 5.41) is 0. The van der Waals surface area contributed by atoms with E-state index in [9.17, 15) is 0 Å². The van der Waals surface area contributed by atoms with Crippen LogP contribution in [0.5, 0.6) is 0 Å². The number of benzene rings is 2. The van der Waals surface area contributed by atoms with Crippen molar-refractivity contribution in [2.75, 3.05) is 20.1 Å². The van der Waals surface area contributed by atoms with Gasteiger partial charge in [-0.05, 0) is 80.6 Å². The van der Waals surface area contributed by atoms with E-state index in [2.05, 4.69) is 89.7 Å². The molecule has 2 heteroatoms. The lowest BCUT2D eigenvalue weighted by Gasteiger charge is -2.16. The Morgan fingerprint density at radius 3 is 2.07 bits per heavy atom. The van der Waals surface area contributed by atoms with E-state index in [0.717, 1.165) is 25.9 Å². The molecule has 0 atom stereocenters. The zero-order valence-corrected chi connectivity index (χ0v) is 17.5. The molecule has 0 unspecified atom stereocenters. The van der Waals surface area contributed by atoms with Gasteiger partial charge in [-0.25, -0.2) is 0 Å². The summed E-state index contributed by atoms with van der Waals surface area (Å²) in [5.41, 5.74) is 5.27. The summed E-state index contributed by atoms with van der Waals surface area (Å²) in [4.78, 5) is 6.65. The number of rotatable bonds is 11. The smallest absolute Gasteiger partial charge is 0.0299 e. The van der Waals surface area contributed by atoms with Crippen LogP contribution in [-0.2, 0) is 6.42 Å². The van der Waals surface area contributed by atoms with Gasteiger partial charge in [0.2, 0.25) is 0 Å². The summed E-state index contributed by atoms with van der Waals surface area (Å²) in [6.45, 7) is 2.30. The summed E-state index contributed by atoms with van der Waals surface area (Å²) >= 11 is 0. The molecule has 0 amide bonds. The van der Waals surface area contributed by atoms with Crippen LogP contribution in [0.2, 0.25) is 0 Å². The summed E-state index contributed by atoms with van der Waals surface area (Å²) in [6.07, 6.45) is 12.1. The average molecular weight is 385 g/mol. The van der Waals surface area contributed by atoms with Crippen LogP contribution in [0.4, 0.5) is 0 Å². The first-order valence-corrected chi connectivity index (χ1v) is 10.7. The van der Waals surface area contributed by atoms with Crippen molar-refractivity contribution in [3.05, 3.63) is 108 Å². The highest BCUT2D eigenvalue weighted by molar-refractivity contribution is 5.79. The second-order valence-corrected chi connectivity index (χ2v) is 7.61. The molecule has 0 saturated carbocycles. The summed E-state index contributed by atoms with van der Waals surface area (Å²) in [7, 11) is 2.24. The van der Waals surface area contributed by atoms with Gasteiger partial charge < -0.3 is 4.90 Å². The Morgan fingerprint density at radius 1 is 0.793 bits per heavy atom.